The van der Waals surface area contributed by atoms with Gasteiger partial charge in [-0.2, -0.15) is 13.2 Å². The largest absolute Gasteiger partial charge is 0.397 e. The lowest BCUT2D eigenvalue weighted by atomic mass is 10.1. The standard InChI is InChI=1S/C26H27F3N8O/c1-16(36-9-11-37(12-10-36)24(38)15-26(27,28)29)18-5-7-31-23(14-18)35-25-33-21-4-3-19(13-22(21)34-25)20-6-8-30-17(2)32-20/h3-8,13-14,16H,9-12,15H2,1-2H3,(H2,31,33,34,35)/t16-/m0/s1. The average molecular weight is 525 g/mol. The van der Waals surface area contributed by atoms with Crippen LogP contribution in [0.15, 0.2) is 48.8 Å². The third kappa shape index (κ3) is 5.91. The van der Waals surface area contributed by atoms with Crippen LogP contribution in [0.4, 0.5) is 24.9 Å². The van der Waals surface area contributed by atoms with Gasteiger partial charge >= 0.3 is 6.18 Å². The molecular weight excluding hydrogens is 497 g/mol. The van der Waals surface area contributed by atoms with Gasteiger partial charge in [0.25, 0.3) is 0 Å². The first-order chi connectivity index (χ1) is 18.1. The summed E-state index contributed by atoms with van der Waals surface area (Å²) in [7, 11) is 0. The minimum Gasteiger partial charge on any atom is -0.340 e. The zero-order chi connectivity index (χ0) is 26.9. The number of rotatable bonds is 6. The predicted octanol–water partition coefficient (Wildman–Crippen LogP) is 4.62. The summed E-state index contributed by atoms with van der Waals surface area (Å²) in [6, 6.07) is 11.6. The molecule has 5 rings (SSSR count). The molecule has 198 valence electrons. The normalized spacial score (nSPS) is 15.6. The Kier molecular flexibility index (Phi) is 6.98. The highest BCUT2D eigenvalue weighted by Gasteiger charge is 2.35. The summed E-state index contributed by atoms with van der Waals surface area (Å²) in [5.41, 5.74) is 4.42. The minimum absolute atomic E-state index is 0.00651. The van der Waals surface area contributed by atoms with Crippen molar-refractivity contribution in [3.05, 3.63) is 60.2 Å². The number of halogens is 3. The number of benzene rings is 1. The molecule has 1 saturated heterocycles. The first kappa shape index (κ1) is 25.6. The van der Waals surface area contributed by atoms with E-state index in [1.165, 1.54) is 4.90 Å². The summed E-state index contributed by atoms with van der Waals surface area (Å²) in [5, 5.41) is 3.22. The second-order valence-corrected chi connectivity index (χ2v) is 9.29. The van der Waals surface area contributed by atoms with Crippen LogP contribution in [0.25, 0.3) is 22.3 Å². The number of nitrogens with zero attached hydrogens (tertiary/aromatic N) is 6. The highest BCUT2D eigenvalue weighted by molar-refractivity contribution is 5.83. The van der Waals surface area contributed by atoms with Gasteiger partial charge < -0.3 is 15.2 Å². The van der Waals surface area contributed by atoms with Gasteiger partial charge in [-0.25, -0.2) is 19.9 Å². The maximum Gasteiger partial charge on any atom is 0.397 e. The second-order valence-electron chi connectivity index (χ2n) is 9.29. The molecule has 0 unspecified atom stereocenters. The SMILES string of the molecule is Cc1nccc(-c2ccc3nc(Nc4cc([C@H](C)N5CCN(C(=O)CC(F)(F)F)CC5)ccn4)[nH]c3c2)n1. The maximum atomic E-state index is 12.6. The third-order valence-corrected chi connectivity index (χ3v) is 6.63. The fourth-order valence-electron chi connectivity index (χ4n) is 4.59. The number of fused-ring (bicyclic) bond motifs is 1. The number of aryl methyl sites for hydroxylation is 1. The van der Waals surface area contributed by atoms with E-state index in [1.807, 2.05) is 50.2 Å². The second kappa shape index (κ2) is 10.4. The Balaban J connectivity index is 1.24. The molecule has 3 aromatic heterocycles. The monoisotopic (exact) mass is 524 g/mol. The number of piperazine rings is 1. The van der Waals surface area contributed by atoms with Crippen LogP contribution in [0.5, 0.6) is 0 Å². The van der Waals surface area contributed by atoms with Crippen LogP contribution in [0, 0.1) is 6.92 Å². The van der Waals surface area contributed by atoms with Crippen LogP contribution >= 0.6 is 0 Å². The lowest BCUT2D eigenvalue weighted by Gasteiger charge is -2.38. The zero-order valence-electron chi connectivity index (χ0n) is 21.0. The molecule has 0 saturated carbocycles. The van der Waals surface area contributed by atoms with Gasteiger partial charge in [-0.05, 0) is 49.7 Å². The summed E-state index contributed by atoms with van der Waals surface area (Å²) in [6.07, 6.45) is -2.46. The molecule has 38 heavy (non-hydrogen) atoms. The van der Waals surface area contributed by atoms with Crippen LogP contribution < -0.4 is 5.32 Å². The molecule has 0 bridgehead atoms. The van der Waals surface area contributed by atoms with E-state index in [9.17, 15) is 18.0 Å². The molecular formula is C26H27F3N8O. The number of aromatic nitrogens is 5. The average Bonchev–Trinajstić information content (AvgIpc) is 3.29. The molecule has 0 radical (unpaired) electrons. The van der Waals surface area contributed by atoms with Gasteiger partial charge in [0.05, 0.1) is 16.7 Å². The number of alkyl halides is 3. The molecule has 12 heteroatoms. The molecule has 2 N–H and O–H groups in total. The number of H-pyrrole nitrogens is 1. The molecule has 1 amide bonds. The topological polar surface area (TPSA) is 103 Å². The van der Waals surface area contributed by atoms with Crippen LogP contribution in [-0.2, 0) is 4.79 Å². The number of carbonyl (C=O) groups is 1. The van der Waals surface area contributed by atoms with Crippen LogP contribution in [0.3, 0.4) is 0 Å². The zero-order valence-corrected chi connectivity index (χ0v) is 21.0. The highest BCUT2D eigenvalue weighted by Crippen LogP contribution is 2.27. The predicted molar refractivity (Wildman–Crippen MR) is 137 cm³/mol. The van der Waals surface area contributed by atoms with Gasteiger partial charge in [-0.1, -0.05) is 6.07 Å². The number of hydrogen-bond donors (Lipinski definition) is 2. The Morgan fingerprint density at radius 2 is 1.82 bits per heavy atom. The van der Waals surface area contributed by atoms with E-state index in [1.54, 1.807) is 12.4 Å². The van der Waals surface area contributed by atoms with Gasteiger partial charge in [0.15, 0.2) is 0 Å². The van der Waals surface area contributed by atoms with E-state index in [-0.39, 0.29) is 19.1 Å². The summed E-state index contributed by atoms with van der Waals surface area (Å²) in [5.74, 6) is 0.987. The Bertz CT molecular complexity index is 1450. The van der Waals surface area contributed by atoms with E-state index in [2.05, 4.69) is 35.1 Å². The molecule has 1 aliphatic heterocycles. The number of pyridine rings is 1. The number of nitrogens with one attached hydrogen (secondary N) is 2. The first-order valence-electron chi connectivity index (χ1n) is 12.3. The van der Waals surface area contributed by atoms with Crippen LogP contribution in [0.2, 0.25) is 0 Å². The lowest BCUT2D eigenvalue weighted by Crippen LogP contribution is -2.50. The minimum atomic E-state index is -4.49. The van der Waals surface area contributed by atoms with Crippen LogP contribution in [-0.4, -0.2) is 73.0 Å². The number of anilines is 2. The van der Waals surface area contributed by atoms with Crippen molar-refractivity contribution in [3.63, 3.8) is 0 Å². The van der Waals surface area contributed by atoms with Gasteiger partial charge in [0.2, 0.25) is 11.9 Å². The van der Waals surface area contributed by atoms with Gasteiger partial charge in [0.1, 0.15) is 18.1 Å². The van der Waals surface area contributed by atoms with Crippen molar-refractivity contribution in [1.82, 2.24) is 34.7 Å². The van der Waals surface area contributed by atoms with Crippen molar-refractivity contribution < 1.29 is 18.0 Å². The Morgan fingerprint density at radius 3 is 2.55 bits per heavy atom. The molecule has 0 aliphatic carbocycles. The number of imidazole rings is 1. The summed E-state index contributed by atoms with van der Waals surface area (Å²) in [6.45, 7) is 5.41. The molecule has 1 aromatic carbocycles. The van der Waals surface area contributed by atoms with E-state index in [4.69, 9.17) is 0 Å². The first-order valence-corrected chi connectivity index (χ1v) is 12.3. The van der Waals surface area contributed by atoms with Crippen molar-refractivity contribution >= 4 is 28.7 Å². The Morgan fingerprint density at radius 1 is 1.05 bits per heavy atom. The smallest absolute Gasteiger partial charge is 0.340 e. The number of aromatic amines is 1. The Hall–Kier alpha value is -4.06. The summed E-state index contributed by atoms with van der Waals surface area (Å²) in [4.78, 5) is 36.3. The van der Waals surface area contributed by atoms with E-state index >= 15 is 0 Å². The van der Waals surface area contributed by atoms with Crippen molar-refractivity contribution in [2.45, 2.75) is 32.5 Å². The highest BCUT2D eigenvalue weighted by atomic mass is 19.4. The molecule has 4 heterocycles. The lowest BCUT2D eigenvalue weighted by molar-refractivity contribution is -0.162. The van der Waals surface area contributed by atoms with E-state index in [0.29, 0.717) is 30.7 Å². The van der Waals surface area contributed by atoms with Crippen molar-refractivity contribution in [2.24, 2.45) is 0 Å². The van der Waals surface area contributed by atoms with E-state index < -0.39 is 18.5 Å². The molecule has 1 atom stereocenters. The third-order valence-electron chi connectivity index (χ3n) is 6.63. The fourth-order valence-corrected chi connectivity index (χ4v) is 4.59. The molecule has 1 fully saturated rings. The van der Waals surface area contributed by atoms with Crippen LogP contribution in [0.1, 0.15) is 30.8 Å². The fraction of sp³-hybridized carbons (Fsp3) is 0.346. The molecule has 9 nitrogen and oxygen atoms in total. The molecule has 0 spiro atoms. The summed E-state index contributed by atoms with van der Waals surface area (Å²) >= 11 is 0. The Labute approximate surface area is 217 Å². The van der Waals surface area contributed by atoms with Crippen molar-refractivity contribution in [1.29, 1.82) is 0 Å². The van der Waals surface area contributed by atoms with Gasteiger partial charge in [-0.15, -0.1) is 0 Å². The maximum absolute atomic E-state index is 12.6. The van der Waals surface area contributed by atoms with E-state index in [0.717, 1.165) is 27.9 Å². The number of amides is 1. The van der Waals surface area contributed by atoms with Gasteiger partial charge in [-0.3, -0.25) is 9.69 Å². The number of hydrogen-bond acceptors (Lipinski definition) is 7. The summed E-state index contributed by atoms with van der Waals surface area (Å²) < 4.78 is 37.7. The molecule has 4 aromatic rings. The number of carbonyl (C=O) groups excluding carboxylic acids is 1. The molecule has 1 aliphatic rings. The quantitative estimate of drug-likeness (QED) is 0.379. The van der Waals surface area contributed by atoms with Gasteiger partial charge in [0, 0.05) is 50.2 Å². The van der Waals surface area contributed by atoms with Crippen molar-refractivity contribution in [2.75, 3.05) is 31.5 Å². The van der Waals surface area contributed by atoms with Crippen molar-refractivity contribution in [3.8, 4) is 11.3 Å².